The van der Waals surface area contributed by atoms with Crippen LogP contribution >= 0.6 is 0 Å². The Hall–Kier alpha value is -3.35. The van der Waals surface area contributed by atoms with E-state index in [-0.39, 0.29) is 43.4 Å². The highest BCUT2D eigenvalue weighted by atomic mass is 16.5. The van der Waals surface area contributed by atoms with Gasteiger partial charge in [-0.25, -0.2) is 4.79 Å². The second kappa shape index (κ2) is 9.49. The third-order valence-electron chi connectivity index (χ3n) is 7.62. The first-order chi connectivity index (χ1) is 16.5. The summed E-state index contributed by atoms with van der Waals surface area (Å²) in [6.45, 7) is 1.23. The molecule has 2 amide bonds. The van der Waals surface area contributed by atoms with Crippen LogP contribution in [0.4, 0.5) is 4.79 Å². The molecule has 178 valence electrons. The Labute approximate surface area is 199 Å². The first-order valence-electron chi connectivity index (χ1n) is 12.1. The van der Waals surface area contributed by atoms with E-state index in [1.807, 2.05) is 24.3 Å². The largest absolute Gasteiger partial charge is 0.481 e. The number of hydrogen-bond donors (Lipinski definition) is 2. The van der Waals surface area contributed by atoms with Crippen LogP contribution in [0, 0.1) is 17.8 Å². The summed E-state index contributed by atoms with van der Waals surface area (Å²) in [5.74, 6) is -1.39. The highest BCUT2D eigenvalue weighted by Crippen LogP contribution is 2.44. The quantitative estimate of drug-likeness (QED) is 0.679. The number of carbonyl (C=O) groups excluding carboxylic acids is 2. The van der Waals surface area contributed by atoms with Crippen molar-refractivity contribution in [2.75, 3.05) is 26.2 Å². The lowest BCUT2D eigenvalue weighted by molar-refractivity contribution is -0.156. The van der Waals surface area contributed by atoms with E-state index < -0.39 is 18.0 Å². The minimum atomic E-state index is -0.846. The first-order valence-corrected chi connectivity index (χ1v) is 12.1. The molecule has 1 aliphatic heterocycles. The molecule has 2 atom stereocenters. The summed E-state index contributed by atoms with van der Waals surface area (Å²) < 4.78 is 5.64. The summed E-state index contributed by atoms with van der Waals surface area (Å²) in [6.07, 6.45) is 3.20. The highest BCUT2D eigenvalue weighted by Gasteiger charge is 2.41. The normalized spacial score (nSPS) is 21.8. The van der Waals surface area contributed by atoms with Crippen molar-refractivity contribution < 1.29 is 24.2 Å². The Morgan fingerprint density at radius 1 is 0.941 bits per heavy atom. The number of carboxylic acids is 1. The van der Waals surface area contributed by atoms with Crippen molar-refractivity contribution in [3.63, 3.8) is 0 Å². The monoisotopic (exact) mass is 462 g/mol. The number of ether oxygens (including phenoxy) is 1. The van der Waals surface area contributed by atoms with Crippen molar-refractivity contribution >= 4 is 18.0 Å². The van der Waals surface area contributed by atoms with E-state index in [1.165, 1.54) is 22.3 Å². The number of amides is 2. The van der Waals surface area contributed by atoms with Crippen LogP contribution in [-0.2, 0) is 14.3 Å². The van der Waals surface area contributed by atoms with Crippen LogP contribution in [0.15, 0.2) is 48.5 Å². The first kappa shape index (κ1) is 22.4. The van der Waals surface area contributed by atoms with Gasteiger partial charge >= 0.3 is 12.1 Å². The molecule has 0 radical (unpaired) electrons. The van der Waals surface area contributed by atoms with Crippen LogP contribution in [0.1, 0.15) is 42.7 Å². The SMILES string of the molecule is O=C(NCC1CCCCC1C(=O)N1CC(C(=O)O)C1)OCC1c2ccccc2-c2ccccc21. The fourth-order valence-electron chi connectivity index (χ4n) is 5.69. The number of likely N-dealkylation sites (tertiary alicyclic amines) is 1. The van der Waals surface area contributed by atoms with Gasteiger partial charge in [0.25, 0.3) is 0 Å². The summed E-state index contributed by atoms with van der Waals surface area (Å²) in [4.78, 5) is 38.2. The van der Waals surface area contributed by atoms with Crippen LogP contribution < -0.4 is 5.32 Å². The zero-order valence-electron chi connectivity index (χ0n) is 19.1. The lowest BCUT2D eigenvalue weighted by atomic mass is 9.77. The van der Waals surface area contributed by atoms with Gasteiger partial charge in [0.2, 0.25) is 5.91 Å². The topological polar surface area (TPSA) is 95.9 Å². The molecule has 3 aliphatic rings. The number of alkyl carbamates (subject to hydrolysis) is 1. The molecular weight excluding hydrogens is 432 g/mol. The molecule has 1 saturated carbocycles. The molecule has 2 fully saturated rings. The van der Waals surface area contributed by atoms with E-state index in [2.05, 4.69) is 29.6 Å². The molecule has 7 nitrogen and oxygen atoms in total. The summed E-state index contributed by atoms with van der Waals surface area (Å²) >= 11 is 0. The minimum absolute atomic E-state index is 0.00996. The van der Waals surface area contributed by atoms with Crippen molar-refractivity contribution in [2.45, 2.75) is 31.6 Å². The number of benzene rings is 2. The molecule has 1 saturated heterocycles. The third kappa shape index (κ3) is 4.27. The molecular formula is C27H30N2O5. The number of nitrogens with zero attached hydrogens (tertiary/aromatic N) is 1. The van der Waals surface area contributed by atoms with E-state index in [0.717, 1.165) is 25.7 Å². The molecule has 2 aliphatic carbocycles. The van der Waals surface area contributed by atoms with Gasteiger partial charge in [0, 0.05) is 31.5 Å². The molecule has 7 heteroatoms. The molecule has 0 spiro atoms. The Morgan fingerprint density at radius 3 is 2.21 bits per heavy atom. The number of fused-ring (bicyclic) bond motifs is 3. The number of aliphatic carboxylic acids is 1. The Morgan fingerprint density at radius 2 is 1.56 bits per heavy atom. The molecule has 2 unspecified atom stereocenters. The van der Waals surface area contributed by atoms with Gasteiger partial charge in [-0.15, -0.1) is 0 Å². The van der Waals surface area contributed by atoms with E-state index in [0.29, 0.717) is 6.54 Å². The number of carboxylic acid groups (broad SMARTS) is 1. The zero-order chi connectivity index (χ0) is 23.7. The molecule has 2 aromatic rings. The van der Waals surface area contributed by atoms with E-state index >= 15 is 0 Å². The van der Waals surface area contributed by atoms with Crippen molar-refractivity contribution in [1.82, 2.24) is 10.2 Å². The van der Waals surface area contributed by atoms with E-state index in [9.17, 15) is 14.4 Å². The summed E-state index contributed by atoms with van der Waals surface area (Å²) in [5, 5.41) is 12.0. The van der Waals surface area contributed by atoms with Gasteiger partial charge in [-0.2, -0.15) is 0 Å². The van der Waals surface area contributed by atoms with Crippen molar-refractivity contribution in [3.8, 4) is 11.1 Å². The summed E-state index contributed by atoms with van der Waals surface area (Å²) in [5.41, 5.74) is 4.71. The highest BCUT2D eigenvalue weighted by molar-refractivity contribution is 5.83. The lowest BCUT2D eigenvalue weighted by Crippen LogP contribution is -2.56. The zero-order valence-corrected chi connectivity index (χ0v) is 19.1. The maximum absolute atomic E-state index is 12.9. The van der Waals surface area contributed by atoms with Crippen LogP contribution in [-0.4, -0.2) is 54.2 Å². The van der Waals surface area contributed by atoms with Crippen LogP contribution in [0.25, 0.3) is 11.1 Å². The molecule has 5 rings (SSSR count). The maximum Gasteiger partial charge on any atom is 0.407 e. The number of rotatable bonds is 6. The minimum Gasteiger partial charge on any atom is -0.481 e. The summed E-state index contributed by atoms with van der Waals surface area (Å²) in [7, 11) is 0. The lowest BCUT2D eigenvalue weighted by Gasteiger charge is -2.41. The van der Waals surface area contributed by atoms with Gasteiger partial charge in [-0.3, -0.25) is 9.59 Å². The Balaban J connectivity index is 1.16. The van der Waals surface area contributed by atoms with E-state index in [1.54, 1.807) is 4.90 Å². The van der Waals surface area contributed by atoms with Gasteiger partial charge in [0.1, 0.15) is 6.61 Å². The standard InChI is InChI=1S/C27H30N2O5/c30-25(29-14-18(15-29)26(31)32)19-8-2-1-7-17(19)13-28-27(33)34-16-24-22-11-5-3-9-20(22)21-10-4-6-12-23(21)24/h3-6,9-12,17-19,24H,1-2,7-8,13-16H2,(H,28,33)(H,31,32). The van der Waals surface area contributed by atoms with Gasteiger partial charge in [-0.05, 0) is 41.0 Å². The average molecular weight is 463 g/mol. The van der Waals surface area contributed by atoms with Crippen molar-refractivity contribution in [1.29, 1.82) is 0 Å². The second-order valence-corrected chi connectivity index (χ2v) is 9.64. The average Bonchev–Trinajstić information content (AvgIpc) is 3.14. The van der Waals surface area contributed by atoms with Gasteiger partial charge in [0.15, 0.2) is 0 Å². The Bertz CT molecular complexity index is 1050. The molecule has 1 heterocycles. The van der Waals surface area contributed by atoms with Crippen LogP contribution in [0.3, 0.4) is 0 Å². The van der Waals surface area contributed by atoms with E-state index in [4.69, 9.17) is 9.84 Å². The van der Waals surface area contributed by atoms with Crippen molar-refractivity contribution in [2.24, 2.45) is 17.8 Å². The Kier molecular flexibility index (Phi) is 6.26. The number of nitrogens with one attached hydrogen (secondary N) is 1. The fourth-order valence-corrected chi connectivity index (χ4v) is 5.69. The smallest absolute Gasteiger partial charge is 0.407 e. The fraction of sp³-hybridized carbons (Fsp3) is 0.444. The molecule has 2 aromatic carbocycles. The second-order valence-electron chi connectivity index (χ2n) is 9.64. The predicted octanol–water partition coefficient (Wildman–Crippen LogP) is 3.87. The number of hydrogen-bond acceptors (Lipinski definition) is 4. The maximum atomic E-state index is 12.9. The predicted molar refractivity (Wildman–Crippen MR) is 126 cm³/mol. The van der Waals surface area contributed by atoms with Crippen LogP contribution in [0.5, 0.6) is 0 Å². The third-order valence-corrected chi connectivity index (χ3v) is 7.62. The molecule has 2 N–H and O–H groups in total. The van der Waals surface area contributed by atoms with Gasteiger partial charge in [0.05, 0.1) is 5.92 Å². The number of carbonyl (C=O) groups is 3. The van der Waals surface area contributed by atoms with Crippen LogP contribution in [0.2, 0.25) is 0 Å². The molecule has 0 bridgehead atoms. The molecule has 34 heavy (non-hydrogen) atoms. The molecule has 0 aromatic heterocycles. The van der Waals surface area contributed by atoms with Crippen molar-refractivity contribution in [3.05, 3.63) is 59.7 Å². The van der Waals surface area contributed by atoms with Gasteiger partial charge in [-0.1, -0.05) is 61.4 Å². The summed E-state index contributed by atoms with van der Waals surface area (Å²) in [6, 6.07) is 16.4. The van der Waals surface area contributed by atoms with Gasteiger partial charge < -0.3 is 20.1 Å².